The van der Waals surface area contributed by atoms with E-state index in [2.05, 4.69) is 0 Å². The predicted octanol–water partition coefficient (Wildman–Crippen LogP) is 2.19. The number of nitrogens with zero attached hydrogens (tertiary/aromatic N) is 1. The van der Waals surface area contributed by atoms with E-state index in [4.69, 9.17) is 5.11 Å². The van der Waals surface area contributed by atoms with Crippen molar-refractivity contribution in [2.75, 3.05) is 13.6 Å². The van der Waals surface area contributed by atoms with Crippen LogP contribution in [0.3, 0.4) is 0 Å². The molecular formula is C16H21NO3. The number of hydrogen-bond donors (Lipinski definition) is 1. The van der Waals surface area contributed by atoms with Crippen molar-refractivity contribution in [2.45, 2.75) is 25.7 Å². The monoisotopic (exact) mass is 275 g/mol. The standard InChI is InChI=1S/C16H21NO3/c1-17(11-10-12-6-3-2-4-7-12)15(18)13-8-5-9-14(13)16(19)20/h2-4,6-7,13-14H,5,8-11H2,1H3,(H,19,20)/t13-,14+/m1/s1. The van der Waals surface area contributed by atoms with Gasteiger partial charge in [-0.05, 0) is 24.8 Å². The maximum Gasteiger partial charge on any atom is 0.307 e. The molecule has 1 aliphatic rings. The van der Waals surface area contributed by atoms with Crippen LogP contribution in [-0.2, 0) is 16.0 Å². The summed E-state index contributed by atoms with van der Waals surface area (Å²) in [5.74, 6) is -1.70. The first-order valence-electron chi connectivity index (χ1n) is 7.11. The molecule has 1 saturated carbocycles. The normalized spacial score (nSPS) is 21.6. The Hall–Kier alpha value is -1.84. The van der Waals surface area contributed by atoms with Gasteiger partial charge >= 0.3 is 5.97 Å². The van der Waals surface area contributed by atoms with Crippen LogP contribution in [0.25, 0.3) is 0 Å². The molecule has 0 bridgehead atoms. The van der Waals surface area contributed by atoms with Crippen molar-refractivity contribution in [1.82, 2.24) is 4.90 Å². The Labute approximate surface area is 119 Å². The van der Waals surface area contributed by atoms with Gasteiger partial charge in [-0.25, -0.2) is 0 Å². The molecule has 20 heavy (non-hydrogen) atoms. The highest BCUT2D eigenvalue weighted by atomic mass is 16.4. The van der Waals surface area contributed by atoms with Crippen LogP contribution in [0.5, 0.6) is 0 Å². The minimum absolute atomic E-state index is 0.0224. The summed E-state index contributed by atoms with van der Waals surface area (Å²) in [5, 5.41) is 9.15. The van der Waals surface area contributed by atoms with Crippen molar-refractivity contribution in [3.05, 3.63) is 35.9 Å². The molecule has 4 heteroatoms. The Balaban J connectivity index is 1.90. The van der Waals surface area contributed by atoms with E-state index in [0.29, 0.717) is 19.4 Å². The third-order valence-electron chi connectivity index (χ3n) is 4.11. The highest BCUT2D eigenvalue weighted by Gasteiger charge is 2.38. The number of carboxylic acid groups (broad SMARTS) is 1. The Morgan fingerprint density at radius 3 is 2.50 bits per heavy atom. The van der Waals surface area contributed by atoms with Crippen molar-refractivity contribution >= 4 is 11.9 Å². The maximum atomic E-state index is 12.3. The van der Waals surface area contributed by atoms with Crippen molar-refractivity contribution in [2.24, 2.45) is 11.8 Å². The summed E-state index contributed by atoms with van der Waals surface area (Å²) in [7, 11) is 1.77. The molecule has 1 aromatic rings. The fourth-order valence-electron chi connectivity index (χ4n) is 2.89. The average molecular weight is 275 g/mol. The van der Waals surface area contributed by atoms with E-state index >= 15 is 0 Å². The average Bonchev–Trinajstić information content (AvgIpc) is 2.94. The molecule has 0 radical (unpaired) electrons. The molecular weight excluding hydrogens is 254 g/mol. The summed E-state index contributed by atoms with van der Waals surface area (Å²) in [4.78, 5) is 25.2. The highest BCUT2D eigenvalue weighted by Crippen LogP contribution is 2.33. The SMILES string of the molecule is CN(CCc1ccccc1)C(=O)[C@@H]1CCC[C@@H]1C(=O)O. The Morgan fingerprint density at radius 2 is 1.85 bits per heavy atom. The minimum atomic E-state index is -0.836. The quantitative estimate of drug-likeness (QED) is 0.896. The molecule has 0 aliphatic heterocycles. The van der Waals surface area contributed by atoms with E-state index in [-0.39, 0.29) is 11.8 Å². The third-order valence-corrected chi connectivity index (χ3v) is 4.11. The van der Waals surface area contributed by atoms with E-state index in [1.54, 1.807) is 11.9 Å². The van der Waals surface area contributed by atoms with Crippen LogP contribution >= 0.6 is 0 Å². The number of likely N-dealkylation sites (N-methyl/N-ethyl adjacent to an activating group) is 1. The zero-order valence-corrected chi connectivity index (χ0v) is 11.8. The van der Waals surface area contributed by atoms with Gasteiger partial charge in [0.2, 0.25) is 5.91 Å². The topological polar surface area (TPSA) is 57.6 Å². The van der Waals surface area contributed by atoms with Gasteiger partial charge in [0.05, 0.1) is 11.8 Å². The Morgan fingerprint density at radius 1 is 1.20 bits per heavy atom. The molecule has 4 nitrogen and oxygen atoms in total. The Kier molecular flexibility index (Phi) is 4.77. The van der Waals surface area contributed by atoms with E-state index in [0.717, 1.165) is 12.8 Å². The predicted molar refractivity (Wildman–Crippen MR) is 76.2 cm³/mol. The highest BCUT2D eigenvalue weighted by molar-refractivity contribution is 5.85. The van der Waals surface area contributed by atoms with E-state index in [1.807, 2.05) is 30.3 Å². The molecule has 0 unspecified atom stereocenters. The second-order valence-electron chi connectivity index (χ2n) is 5.48. The number of carbonyl (C=O) groups is 2. The molecule has 1 N–H and O–H groups in total. The van der Waals surface area contributed by atoms with Crippen LogP contribution in [0.1, 0.15) is 24.8 Å². The first-order valence-corrected chi connectivity index (χ1v) is 7.11. The summed E-state index contributed by atoms with van der Waals surface area (Å²) in [6.45, 7) is 0.631. The van der Waals surface area contributed by atoms with Gasteiger partial charge in [0, 0.05) is 13.6 Å². The third kappa shape index (κ3) is 3.38. The molecule has 0 aromatic heterocycles. The summed E-state index contributed by atoms with van der Waals surface area (Å²) < 4.78 is 0. The largest absolute Gasteiger partial charge is 0.481 e. The molecule has 1 aliphatic carbocycles. The number of hydrogen-bond acceptors (Lipinski definition) is 2. The second-order valence-corrected chi connectivity index (χ2v) is 5.48. The van der Waals surface area contributed by atoms with Crippen LogP contribution < -0.4 is 0 Å². The van der Waals surface area contributed by atoms with Gasteiger partial charge in [-0.1, -0.05) is 36.8 Å². The second kappa shape index (κ2) is 6.55. The van der Waals surface area contributed by atoms with Crippen molar-refractivity contribution < 1.29 is 14.7 Å². The fourth-order valence-corrected chi connectivity index (χ4v) is 2.89. The summed E-state index contributed by atoms with van der Waals surface area (Å²) in [6, 6.07) is 10.00. The van der Waals surface area contributed by atoms with Crippen molar-refractivity contribution in [3.8, 4) is 0 Å². The fraction of sp³-hybridized carbons (Fsp3) is 0.500. The molecule has 1 fully saturated rings. The minimum Gasteiger partial charge on any atom is -0.481 e. The Bertz CT molecular complexity index is 472. The van der Waals surface area contributed by atoms with Crippen LogP contribution in [0.15, 0.2) is 30.3 Å². The van der Waals surface area contributed by atoms with Gasteiger partial charge in [0.1, 0.15) is 0 Å². The molecule has 0 saturated heterocycles. The van der Waals surface area contributed by atoms with Crippen LogP contribution in [0.4, 0.5) is 0 Å². The number of aliphatic carboxylic acids is 1. The van der Waals surface area contributed by atoms with Crippen molar-refractivity contribution in [3.63, 3.8) is 0 Å². The van der Waals surface area contributed by atoms with E-state index in [9.17, 15) is 9.59 Å². The van der Waals surface area contributed by atoms with Crippen LogP contribution in [0.2, 0.25) is 0 Å². The zero-order valence-electron chi connectivity index (χ0n) is 11.8. The zero-order chi connectivity index (χ0) is 14.5. The van der Waals surface area contributed by atoms with Gasteiger partial charge in [0.25, 0.3) is 0 Å². The van der Waals surface area contributed by atoms with Gasteiger partial charge in [-0.15, -0.1) is 0 Å². The summed E-state index contributed by atoms with van der Waals surface area (Å²) in [5.41, 5.74) is 1.19. The molecule has 0 spiro atoms. The van der Waals surface area contributed by atoms with Crippen LogP contribution in [0, 0.1) is 11.8 Å². The molecule has 2 atom stereocenters. The molecule has 108 valence electrons. The van der Waals surface area contributed by atoms with Crippen molar-refractivity contribution in [1.29, 1.82) is 0 Å². The number of benzene rings is 1. The van der Waals surface area contributed by atoms with Gasteiger partial charge in [-0.3, -0.25) is 9.59 Å². The van der Waals surface area contributed by atoms with E-state index in [1.165, 1.54) is 5.56 Å². The number of carbonyl (C=O) groups excluding carboxylic acids is 1. The number of carboxylic acids is 1. The van der Waals surface area contributed by atoms with Gasteiger partial charge < -0.3 is 10.0 Å². The lowest BCUT2D eigenvalue weighted by Gasteiger charge is -2.23. The number of amides is 1. The van der Waals surface area contributed by atoms with Crippen LogP contribution in [-0.4, -0.2) is 35.5 Å². The van der Waals surface area contributed by atoms with E-state index < -0.39 is 11.9 Å². The van der Waals surface area contributed by atoms with Gasteiger partial charge in [0.15, 0.2) is 0 Å². The molecule has 1 amide bonds. The number of rotatable bonds is 5. The lowest BCUT2D eigenvalue weighted by molar-refractivity contribution is -0.148. The molecule has 0 heterocycles. The molecule has 1 aromatic carbocycles. The lowest BCUT2D eigenvalue weighted by Crippen LogP contribution is -2.37. The molecule has 2 rings (SSSR count). The van der Waals surface area contributed by atoms with Gasteiger partial charge in [-0.2, -0.15) is 0 Å². The first kappa shape index (κ1) is 14.6. The summed E-state index contributed by atoms with van der Waals surface area (Å²) >= 11 is 0. The lowest BCUT2D eigenvalue weighted by atomic mass is 9.95. The smallest absolute Gasteiger partial charge is 0.307 e. The summed E-state index contributed by atoms with van der Waals surface area (Å²) in [6.07, 6.45) is 2.96. The first-order chi connectivity index (χ1) is 9.59. The maximum absolute atomic E-state index is 12.3.